The zero-order chi connectivity index (χ0) is 37.0. The predicted octanol–water partition coefficient (Wildman–Crippen LogP) is 14.6. The maximum absolute atomic E-state index is 5.11. The molecule has 0 fully saturated rings. The molecule has 0 aliphatic rings. The van der Waals surface area contributed by atoms with E-state index in [1.807, 2.05) is 46.9 Å². The summed E-state index contributed by atoms with van der Waals surface area (Å²) in [6.45, 7) is 0. The van der Waals surface area contributed by atoms with Crippen LogP contribution in [0.5, 0.6) is 0 Å². The van der Waals surface area contributed by atoms with Crippen LogP contribution in [0.1, 0.15) is 0 Å². The first-order valence-corrected chi connectivity index (χ1v) is 20.3. The average Bonchev–Trinajstić information content (AvgIpc) is 3.85. The van der Waals surface area contributed by atoms with Gasteiger partial charge in [0.25, 0.3) is 0 Å². The summed E-state index contributed by atoms with van der Waals surface area (Å²) in [6.07, 6.45) is 0. The van der Waals surface area contributed by atoms with Gasteiger partial charge in [0.05, 0.1) is 0 Å². The molecule has 3 nitrogen and oxygen atoms in total. The molecule has 0 bridgehead atoms. The molecule has 0 saturated carbocycles. The number of nitrogens with zero attached hydrogens (tertiary/aromatic N) is 3. The highest BCUT2D eigenvalue weighted by Crippen LogP contribution is 2.46. The van der Waals surface area contributed by atoms with E-state index < -0.39 is 0 Å². The molecule has 0 atom stereocenters. The van der Waals surface area contributed by atoms with Gasteiger partial charge in [-0.3, -0.25) is 0 Å². The first-order valence-electron chi connectivity index (χ1n) is 18.7. The van der Waals surface area contributed by atoms with Crippen molar-refractivity contribution in [2.75, 3.05) is 0 Å². The second-order valence-electron chi connectivity index (χ2n) is 14.0. The molecule has 0 aliphatic heterocycles. The number of thiophene rings is 2. The normalized spacial score (nSPS) is 11.6. The lowest BCUT2D eigenvalue weighted by Gasteiger charge is -2.10. The number of benzene rings is 8. The van der Waals surface area contributed by atoms with Gasteiger partial charge in [0.1, 0.15) is 0 Å². The van der Waals surface area contributed by atoms with E-state index in [-0.39, 0.29) is 0 Å². The number of hydrogen-bond donors (Lipinski definition) is 0. The summed E-state index contributed by atoms with van der Waals surface area (Å²) in [5, 5.41) is 5.13. The molecular weight excluding hydrogens is 719 g/mol. The molecule has 3 heterocycles. The minimum absolute atomic E-state index is 0.651. The van der Waals surface area contributed by atoms with Crippen molar-refractivity contribution in [1.82, 2.24) is 15.0 Å². The summed E-state index contributed by atoms with van der Waals surface area (Å²) in [5.74, 6) is 1.96. The Morgan fingerprint density at radius 1 is 0.286 bits per heavy atom. The third kappa shape index (κ3) is 5.68. The van der Waals surface area contributed by atoms with Gasteiger partial charge in [0.15, 0.2) is 17.5 Å². The Labute approximate surface area is 331 Å². The minimum Gasteiger partial charge on any atom is -0.208 e. The van der Waals surface area contributed by atoms with Crippen LogP contribution < -0.4 is 0 Å². The molecule has 3 aromatic heterocycles. The van der Waals surface area contributed by atoms with Crippen LogP contribution in [-0.2, 0) is 0 Å². The van der Waals surface area contributed by atoms with E-state index in [2.05, 4.69) is 164 Å². The molecule has 0 saturated heterocycles. The quantitative estimate of drug-likeness (QED) is 0.170. The lowest BCUT2D eigenvalue weighted by atomic mass is 9.94. The number of aromatic nitrogens is 3. The lowest BCUT2D eigenvalue weighted by molar-refractivity contribution is 1.07. The third-order valence-corrected chi connectivity index (χ3v) is 12.9. The summed E-state index contributed by atoms with van der Waals surface area (Å²) in [6, 6.07) is 66.8. The van der Waals surface area contributed by atoms with Gasteiger partial charge in [0.2, 0.25) is 0 Å². The van der Waals surface area contributed by atoms with Gasteiger partial charge in [-0.25, -0.2) is 15.0 Å². The van der Waals surface area contributed by atoms with Crippen molar-refractivity contribution in [3.05, 3.63) is 188 Å². The Morgan fingerprint density at radius 2 is 0.857 bits per heavy atom. The number of rotatable bonds is 6. The van der Waals surface area contributed by atoms with Gasteiger partial charge in [-0.1, -0.05) is 158 Å². The van der Waals surface area contributed by atoms with E-state index in [0.29, 0.717) is 17.5 Å². The fraction of sp³-hybridized carbons (Fsp3) is 0. The minimum atomic E-state index is 0.651. The number of fused-ring (bicyclic) bond motifs is 6. The molecule has 56 heavy (non-hydrogen) atoms. The Morgan fingerprint density at radius 3 is 1.62 bits per heavy atom. The van der Waals surface area contributed by atoms with E-state index >= 15 is 0 Å². The van der Waals surface area contributed by atoms with Gasteiger partial charge in [0, 0.05) is 57.0 Å². The first-order chi connectivity index (χ1) is 27.7. The average molecular weight is 750 g/mol. The van der Waals surface area contributed by atoms with Crippen LogP contribution in [0.3, 0.4) is 0 Å². The molecular formula is C51H31N3S2. The highest BCUT2D eigenvalue weighted by molar-refractivity contribution is 7.26. The Bertz CT molecular complexity index is 3240. The third-order valence-electron chi connectivity index (χ3n) is 10.5. The van der Waals surface area contributed by atoms with Crippen molar-refractivity contribution in [3.63, 3.8) is 0 Å². The smallest absolute Gasteiger partial charge is 0.164 e. The van der Waals surface area contributed by atoms with Crippen molar-refractivity contribution in [2.24, 2.45) is 0 Å². The van der Waals surface area contributed by atoms with E-state index in [1.54, 1.807) is 0 Å². The van der Waals surface area contributed by atoms with Crippen LogP contribution in [-0.4, -0.2) is 15.0 Å². The molecule has 8 aromatic carbocycles. The second-order valence-corrected chi connectivity index (χ2v) is 16.1. The van der Waals surface area contributed by atoms with Crippen molar-refractivity contribution < 1.29 is 0 Å². The molecule has 0 aliphatic carbocycles. The van der Waals surface area contributed by atoms with Crippen molar-refractivity contribution in [3.8, 4) is 67.5 Å². The van der Waals surface area contributed by atoms with Gasteiger partial charge in [-0.2, -0.15) is 0 Å². The monoisotopic (exact) mass is 749 g/mol. The Kier molecular flexibility index (Phi) is 7.87. The van der Waals surface area contributed by atoms with Gasteiger partial charge in [-0.05, 0) is 63.7 Å². The molecule has 0 radical (unpaired) electrons. The van der Waals surface area contributed by atoms with Crippen LogP contribution in [0.15, 0.2) is 188 Å². The molecule has 0 N–H and O–H groups in total. The maximum atomic E-state index is 5.11. The van der Waals surface area contributed by atoms with Crippen LogP contribution in [0, 0.1) is 0 Å². The van der Waals surface area contributed by atoms with Crippen LogP contribution in [0.2, 0.25) is 0 Å². The molecule has 262 valence electrons. The van der Waals surface area contributed by atoms with Gasteiger partial charge in [-0.15, -0.1) is 22.7 Å². The molecule has 0 spiro atoms. The van der Waals surface area contributed by atoms with E-state index in [9.17, 15) is 0 Å². The first kappa shape index (κ1) is 32.6. The van der Waals surface area contributed by atoms with E-state index in [1.165, 1.54) is 62.6 Å². The summed E-state index contributed by atoms with van der Waals surface area (Å²) in [5.41, 5.74) is 10.2. The molecule has 11 aromatic rings. The van der Waals surface area contributed by atoms with Crippen LogP contribution in [0.4, 0.5) is 0 Å². The Balaban J connectivity index is 1.03. The fourth-order valence-corrected chi connectivity index (χ4v) is 10.2. The lowest BCUT2D eigenvalue weighted by Crippen LogP contribution is -2.00. The highest BCUT2D eigenvalue weighted by atomic mass is 32.1. The zero-order valence-corrected chi connectivity index (χ0v) is 31.7. The van der Waals surface area contributed by atoms with Crippen LogP contribution in [0.25, 0.3) is 108 Å². The topological polar surface area (TPSA) is 38.7 Å². The van der Waals surface area contributed by atoms with E-state index in [0.717, 1.165) is 27.8 Å². The molecule has 0 unspecified atom stereocenters. The predicted molar refractivity (Wildman–Crippen MR) is 238 cm³/mol. The molecule has 11 rings (SSSR count). The van der Waals surface area contributed by atoms with Crippen molar-refractivity contribution in [1.29, 1.82) is 0 Å². The van der Waals surface area contributed by atoms with Crippen LogP contribution >= 0.6 is 22.7 Å². The highest BCUT2D eigenvalue weighted by Gasteiger charge is 2.18. The van der Waals surface area contributed by atoms with E-state index in [4.69, 9.17) is 15.0 Å². The fourth-order valence-electron chi connectivity index (χ4n) is 7.82. The summed E-state index contributed by atoms with van der Waals surface area (Å²) < 4.78 is 5.09. The molecule has 5 heteroatoms. The van der Waals surface area contributed by atoms with Crippen molar-refractivity contribution in [2.45, 2.75) is 0 Å². The largest absolute Gasteiger partial charge is 0.208 e. The van der Waals surface area contributed by atoms with Gasteiger partial charge >= 0.3 is 0 Å². The number of hydrogen-bond acceptors (Lipinski definition) is 5. The Hall–Kier alpha value is -6.79. The zero-order valence-electron chi connectivity index (χ0n) is 30.1. The molecule has 0 amide bonds. The second kappa shape index (κ2) is 13.5. The SMILES string of the molecule is c1ccc(-c2cccc(-c3nc(-c4ccccc4)nc(-c4ccc5c(c4)sc4ccc(-c6ccc(-c7ccccc7)c7c6sc6ccccc67)cc45)n3)c2)cc1. The van der Waals surface area contributed by atoms with Crippen molar-refractivity contribution >= 4 is 63.0 Å². The summed E-state index contributed by atoms with van der Waals surface area (Å²) in [4.78, 5) is 15.2. The summed E-state index contributed by atoms with van der Waals surface area (Å²) in [7, 11) is 0. The van der Waals surface area contributed by atoms with Gasteiger partial charge < -0.3 is 0 Å². The summed E-state index contributed by atoms with van der Waals surface area (Å²) >= 11 is 3.70. The maximum Gasteiger partial charge on any atom is 0.164 e. The standard InChI is InChI=1S/C51H31N3S2/c1-4-13-32(14-5-1)35-19-12-20-37(29-35)50-52-49(34-17-8-3-9-18-34)53-51(54-50)38-23-25-41-43-30-36(24-28-45(43)55-46(41)31-38)40-27-26-39(33-15-6-2-7-16-33)47-42-21-10-11-22-44(42)56-48(40)47/h1-31H.